The number of hydrogen-bond acceptors (Lipinski definition) is 4. The molecule has 1 aliphatic rings. The molecular formula is C16H25BrN2O2. The van der Waals surface area contributed by atoms with Crippen LogP contribution >= 0.6 is 15.9 Å². The summed E-state index contributed by atoms with van der Waals surface area (Å²) in [5.41, 5.74) is 2.49. The molecule has 2 rings (SSSR count). The lowest BCUT2D eigenvalue weighted by Crippen LogP contribution is -2.36. The van der Waals surface area contributed by atoms with Crippen LogP contribution in [-0.2, 0) is 16.0 Å². The Hall–Kier alpha value is -0.620. The van der Waals surface area contributed by atoms with Crippen molar-refractivity contribution < 1.29 is 9.47 Å². The predicted octanol–water partition coefficient (Wildman–Crippen LogP) is 2.80. The molecule has 1 N–H and O–H groups in total. The van der Waals surface area contributed by atoms with Gasteiger partial charge in [0.05, 0.1) is 18.8 Å². The fourth-order valence-electron chi connectivity index (χ4n) is 2.72. The zero-order valence-electron chi connectivity index (χ0n) is 13.1. The van der Waals surface area contributed by atoms with Gasteiger partial charge < -0.3 is 19.7 Å². The van der Waals surface area contributed by atoms with Crippen molar-refractivity contribution in [2.24, 2.45) is 0 Å². The van der Waals surface area contributed by atoms with Gasteiger partial charge in [0, 0.05) is 44.0 Å². The second kappa shape index (κ2) is 8.13. The smallest absolute Gasteiger partial charge is 0.0750 e. The molecule has 1 heterocycles. The first-order valence-corrected chi connectivity index (χ1v) is 8.25. The molecular weight excluding hydrogens is 332 g/mol. The lowest BCUT2D eigenvalue weighted by Gasteiger charge is -2.29. The molecule has 2 atom stereocenters. The molecule has 0 aromatic heterocycles. The van der Waals surface area contributed by atoms with Crippen LogP contribution in [0.1, 0.15) is 18.9 Å². The second-order valence-corrected chi connectivity index (χ2v) is 6.34. The first-order chi connectivity index (χ1) is 10.1. The van der Waals surface area contributed by atoms with E-state index >= 15 is 0 Å². The Morgan fingerprint density at radius 3 is 2.90 bits per heavy atom. The van der Waals surface area contributed by atoms with Crippen molar-refractivity contribution in [3.8, 4) is 0 Å². The number of rotatable bonds is 7. The van der Waals surface area contributed by atoms with Crippen LogP contribution in [0.25, 0.3) is 0 Å². The first-order valence-electron chi connectivity index (χ1n) is 7.46. The number of benzene rings is 1. The van der Waals surface area contributed by atoms with Crippen molar-refractivity contribution in [2.75, 3.05) is 38.8 Å². The highest BCUT2D eigenvalue weighted by atomic mass is 79.9. The summed E-state index contributed by atoms with van der Waals surface area (Å²) >= 11 is 3.68. The van der Waals surface area contributed by atoms with Crippen molar-refractivity contribution >= 4 is 21.6 Å². The Labute approximate surface area is 135 Å². The van der Waals surface area contributed by atoms with Crippen LogP contribution in [-0.4, -0.2) is 46.1 Å². The van der Waals surface area contributed by atoms with Gasteiger partial charge in [-0.3, -0.25) is 0 Å². The van der Waals surface area contributed by atoms with Crippen LogP contribution in [0.4, 0.5) is 5.69 Å². The first kappa shape index (κ1) is 16.7. The Morgan fingerprint density at radius 2 is 2.29 bits per heavy atom. The van der Waals surface area contributed by atoms with Crippen molar-refractivity contribution in [1.82, 2.24) is 5.32 Å². The van der Waals surface area contributed by atoms with Gasteiger partial charge in [0.15, 0.2) is 0 Å². The Kier molecular flexibility index (Phi) is 6.48. The summed E-state index contributed by atoms with van der Waals surface area (Å²) in [5, 5.41) is 3.37. The van der Waals surface area contributed by atoms with Gasteiger partial charge in [-0.2, -0.15) is 0 Å². The van der Waals surface area contributed by atoms with Crippen molar-refractivity contribution in [2.45, 2.75) is 32.0 Å². The highest BCUT2D eigenvalue weighted by Crippen LogP contribution is 2.28. The quantitative estimate of drug-likeness (QED) is 0.761. The van der Waals surface area contributed by atoms with Crippen molar-refractivity contribution in [3.05, 3.63) is 28.2 Å². The minimum atomic E-state index is 0.296. The molecule has 1 aromatic carbocycles. The molecule has 1 aliphatic heterocycles. The molecule has 0 saturated carbocycles. The zero-order valence-corrected chi connectivity index (χ0v) is 14.6. The van der Waals surface area contributed by atoms with Gasteiger partial charge in [0.1, 0.15) is 0 Å². The molecule has 1 fully saturated rings. The molecule has 4 nitrogen and oxygen atoms in total. The van der Waals surface area contributed by atoms with E-state index in [1.165, 1.54) is 11.3 Å². The Morgan fingerprint density at radius 1 is 1.48 bits per heavy atom. The number of halogens is 1. The highest BCUT2D eigenvalue weighted by Gasteiger charge is 2.28. The van der Waals surface area contributed by atoms with Gasteiger partial charge in [-0.25, -0.2) is 0 Å². The number of nitrogens with one attached hydrogen (secondary N) is 1. The van der Waals surface area contributed by atoms with E-state index in [4.69, 9.17) is 9.47 Å². The zero-order chi connectivity index (χ0) is 15.2. The molecule has 1 aromatic rings. The molecule has 0 radical (unpaired) electrons. The van der Waals surface area contributed by atoms with E-state index in [1.807, 2.05) is 0 Å². The van der Waals surface area contributed by atoms with Crippen LogP contribution in [0.15, 0.2) is 22.7 Å². The maximum atomic E-state index is 5.66. The van der Waals surface area contributed by atoms with E-state index in [0.29, 0.717) is 12.1 Å². The minimum Gasteiger partial charge on any atom is -0.383 e. The average molecular weight is 357 g/mol. The van der Waals surface area contributed by atoms with Gasteiger partial charge in [-0.1, -0.05) is 22.0 Å². The number of likely N-dealkylation sites (N-methyl/N-ethyl adjacent to an activating group) is 1. The lowest BCUT2D eigenvalue weighted by molar-refractivity contribution is 0.118. The number of methoxy groups -OCH3 is 1. The third kappa shape index (κ3) is 4.42. The molecule has 1 saturated heterocycles. The van der Waals surface area contributed by atoms with Crippen LogP contribution in [0.5, 0.6) is 0 Å². The SMILES string of the molecule is COCCNCc1ccc(N(C)C2CCOC2C)cc1Br. The van der Waals surface area contributed by atoms with Gasteiger partial charge >= 0.3 is 0 Å². The summed E-state index contributed by atoms with van der Waals surface area (Å²) in [6, 6.07) is 7.01. The molecule has 21 heavy (non-hydrogen) atoms. The van der Waals surface area contributed by atoms with Gasteiger partial charge in [0.2, 0.25) is 0 Å². The number of anilines is 1. The molecule has 118 valence electrons. The Bertz CT molecular complexity index is 456. The molecule has 0 bridgehead atoms. The van der Waals surface area contributed by atoms with Crippen LogP contribution < -0.4 is 10.2 Å². The third-order valence-corrected chi connectivity index (χ3v) is 4.81. The molecule has 2 unspecified atom stereocenters. The summed E-state index contributed by atoms with van der Waals surface area (Å²) in [4.78, 5) is 2.32. The monoisotopic (exact) mass is 356 g/mol. The number of hydrogen-bond donors (Lipinski definition) is 1. The Balaban J connectivity index is 1.97. The molecule has 0 amide bonds. The maximum Gasteiger partial charge on any atom is 0.0750 e. The van der Waals surface area contributed by atoms with E-state index in [-0.39, 0.29) is 0 Å². The fraction of sp³-hybridized carbons (Fsp3) is 0.625. The number of ether oxygens (including phenoxy) is 2. The van der Waals surface area contributed by atoms with Crippen molar-refractivity contribution in [3.63, 3.8) is 0 Å². The predicted molar refractivity (Wildman–Crippen MR) is 89.9 cm³/mol. The summed E-state index contributed by atoms with van der Waals surface area (Å²) in [6.45, 7) is 5.45. The lowest BCUT2D eigenvalue weighted by atomic mass is 10.1. The summed E-state index contributed by atoms with van der Waals surface area (Å²) in [7, 11) is 3.87. The number of nitrogens with zero attached hydrogens (tertiary/aromatic N) is 1. The van der Waals surface area contributed by atoms with Crippen LogP contribution in [0, 0.1) is 0 Å². The highest BCUT2D eigenvalue weighted by molar-refractivity contribution is 9.10. The molecule has 0 aliphatic carbocycles. The minimum absolute atomic E-state index is 0.296. The summed E-state index contributed by atoms with van der Waals surface area (Å²) in [6.07, 6.45) is 1.39. The van der Waals surface area contributed by atoms with Crippen LogP contribution in [0.3, 0.4) is 0 Å². The average Bonchev–Trinajstić information content (AvgIpc) is 2.90. The second-order valence-electron chi connectivity index (χ2n) is 5.49. The van der Waals surface area contributed by atoms with E-state index in [0.717, 1.165) is 37.2 Å². The molecule has 5 heteroatoms. The topological polar surface area (TPSA) is 33.7 Å². The summed E-state index contributed by atoms with van der Waals surface area (Å²) < 4.78 is 11.8. The van der Waals surface area contributed by atoms with Gasteiger partial charge in [0.25, 0.3) is 0 Å². The van der Waals surface area contributed by atoms with E-state index < -0.39 is 0 Å². The van der Waals surface area contributed by atoms with E-state index in [9.17, 15) is 0 Å². The standard InChI is InChI=1S/C16H25BrN2O2/c1-12-16(6-8-21-12)19(2)14-5-4-13(15(17)10-14)11-18-7-9-20-3/h4-5,10,12,16,18H,6-9,11H2,1-3H3. The molecule has 0 spiro atoms. The van der Waals surface area contributed by atoms with Gasteiger partial charge in [-0.15, -0.1) is 0 Å². The summed E-state index contributed by atoms with van der Waals surface area (Å²) in [5.74, 6) is 0. The van der Waals surface area contributed by atoms with Crippen LogP contribution in [0.2, 0.25) is 0 Å². The van der Waals surface area contributed by atoms with E-state index in [2.05, 4.69) is 58.3 Å². The van der Waals surface area contributed by atoms with Crippen molar-refractivity contribution in [1.29, 1.82) is 0 Å². The maximum absolute atomic E-state index is 5.66. The van der Waals surface area contributed by atoms with Gasteiger partial charge in [-0.05, 0) is 31.0 Å². The fourth-order valence-corrected chi connectivity index (χ4v) is 3.22. The van der Waals surface area contributed by atoms with E-state index in [1.54, 1.807) is 7.11 Å². The normalized spacial score (nSPS) is 21.7. The third-order valence-electron chi connectivity index (χ3n) is 4.08. The largest absolute Gasteiger partial charge is 0.383 e.